The molecular weight excluding hydrogens is 256 g/mol. The van der Waals surface area contributed by atoms with Gasteiger partial charge >= 0.3 is 0 Å². The zero-order valence-corrected chi connectivity index (χ0v) is 14.9. The second-order valence-electron chi connectivity index (χ2n) is 8.77. The molecule has 0 aromatic heterocycles. The largest absolute Gasteiger partial charge is 0.329 e. The second kappa shape index (κ2) is 7.46. The highest BCUT2D eigenvalue weighted by atomic mass is 15.2. The van der Waals surface area contributed by atoms with Crippen molar-refractivity contribution in [3.63, 3.8) is 0 Å². The van der Waals surface area contributed by atoms with Crippen molar-refractivity contribution < 1.29 is 0 Å². The molecule has 21 heavy (non-hydrogen) atoms. The quantitative estimate of drug-likeness (QED) is 0.838. The third-order valence-electron chi connectivity index (χ3n) is 6.36. The third kappa shape index (κ3) is 4.69. The number of rotatable bonds is 4. The minimum absolute atomic E-state index is 0.504. The average molecular weight is 295 g/mol. The number of piperidine rings is 1. The van der Waals surface area contributed by atoms with Crippen LogP contribution < -0.4 is 5.73 Å². The molecule has 1 aliphatic carbocycles. The Morgan fingerprint density at radius 1 is 1.00 bits per heavy atom. The molecule has 1 saturated heterocycles. The van der Waals surface area contributed by atoms with E-state index in [0.29, 0.717) is 11.5 Å². The molecule has 1 heterocycles. The SMILES string of the molecule is CCC1CCN(CC2CCC(C(C)(C)C)CC2)C(CN)C1. The molecule has 0 amide bonds. The molecule has 0 bridgehead atoms. The van der Waals surface area contributed by atoms with Crippen LogP contribution in [-0.4, -0.2) is 30.6 Å². The van der Waals surface area contributed by atoms with E-state index in [2.05, 4.69) is 32.6 Å². The molecule has 2 heteroatoms. The summed E-state index contributed by atoms with van der Waals surface area (Å²) < 4.78 is 0. The van der Waals surface area contributed by atoms with Gasteiger partial charge in [-0.3, -0.25) is 4.90 Å². The summed E-state index contributed by atoms with van der Waals surface area (Å²) in [6.07, 6.45) is 9.81. The minimum atomic E-state index is 0.504. The van der Waals surface area contributed by atoms with Gasteiger partial charge in [0.15, 0.2) is 0 Å². The molecular formula is C19H38N2. The molecule has 2 rings (SSSR count). The van der Waals surface area contributed by atoms with Gasteiger partial charge in [-0.05, 0) is 68.2 Å². The summed E-state index contributed by atoms with van der Waals surface area (Å²) in [6.45, 7) is 13.0. The first-order valence-electron chi connectivity index (χ1n) is 9.38. The first kappa shape index (κ1) is 17.3. The van der Waals surface area contributed by atoms with E-state index in [9.17, 15) is 0 Å². The first-order valence-corrected chi connectivity index (χ1v) is 9.38. The van der Waals surface area contributed by atoms with Crippen LogP contribution in [0.25, 0.3) is 0 Å². The summed E-state index contributed by atoms with van der Waals surface area (Å²) in [6, 6.07) is 0.657. The molecule has 2 unspecified atom stereocenters. The molecule has 1 saturated carbocycles. The summed E-state index contributed by atoms with van der Waals surface area (Å²) >= 11 is 0. The monoisotopic (exact) mass is 294 g/mol. The van der Waals surface area contributed by atoms with Gasteiger partial charge < -0.3 is 5.73 Å². The lowest BCUT2D eigenvalue weighted by atomic mass is 9.69. The van der Waals surface area contributed by atoms with E-state index in [1.165, 1.54) is 58.0 Å². The van der Waals surface area contributed by atoms with Crippen molar-refractivity contribution in [2.24, 2.45) is 28.9 Å². The van der Waals surface area contributed by atoms with Gasteiger partial charge in [-0.1, -0.05) is 34.1 Å². The van der Waals surface area contributed by atoms with Crippen molar-refractivity contribution in [1.29, 1.82) is 0 Å². The van der Waals surface area contributed by atoms with Gasteiger partial charge in [-0.2, -0.15) is 0 Å². The van der Waals surface area contributed by atoms with Crippen molar-refractivity contribution in [2.45, 2.75) is 78.7 Å². The topological polar surface area (TPSA) is 29.3 Å². The maximum Gasteiger partial charge on any atom is 0.0221 e. The maximum atomic E-state index is 6.05. The fourth-order valence-corrected chi connectivity index (χ4v) is 4.58. The Kier molecular flexibility index (Phi) is 6.14. The van der Waals surface area contributed by atoms with Crippen LogP contribution in [0.1, 0.15) is 72.6 Å². The average Bonchev–Trinajstić information content (AvgIpc) is 2.47. The summed E-state index contributed by atoms with van der Waals surface area (Å²) in [4.78, 5) is 2.73. The van der Waals surface area contributed by atoms with Crippen LogP contribution >= 0.6 is 0 Å². The standard InChI is InChI=1S/C19H38N2/c1-5-15-10-11-21(18(12-15)13-20)14-16-6-8-17(9-7-16)19(2,3)4/h15-18H,5-14,20H2,1-4H3. The van der Waals surface area contributed by atoms with E-state index in [-0.39, 0.29) is 0 Å². The van der Waals surface area contributed by atoms with E-state index >= 15 is 0 Å². The summed E-state index contributed by atoms with van der Waals surface area (Å²) in [5, 5.41) is 0. The number of nitrogens with two attached hydrogens (primary N) is 1. The first-order chi connectivity index (χ1) is 9.94. The van der Waals surface area contributed by atoms with Crippen molar-refractivity contribution in [3.8, 4) is 0 Å². The Morgan fingerprint density at radius 2 is 1.67 bits per heavy atom. The predicted octanol–water partition coefficient (Wildman–Crippen LogP) is 4.29. The van der Waals surface area contributed by atoms with Crippen molar-refractivity contribution in [1.82, 2.24) is 4.90 Å². The molecule has 2 nitrogen and oxygen atoms in total. The van der Waals surface area contributed by atoms with Gasteiger partial charge in [0.1, 0.15) is 0 Å². The highest BCUT2D eigenvalue weighted by Gasteiger charge is 2.32. The number of likely N-dealkylation sites (tertiary alicyclic amines) is 1. The smallest absolute Gasteiger partial charge is 0.0221 e. The van der Waals surface area contributed by atoms with Crippen molar-refractivity contribution in [2.75, 3.05) is 19.6 Å². The zero-order chi connectivity index (χ0) is 15.5. The van der Waals surface area contributed by atoms with Crippen LogP contribution in [0.4, 0.5) is 0 Å². The highest BCUT2D eigenvalue weighted by molar-refractivity contribution is 4.86. The Hall–Kier alpha value is -0.0800. The predicted molar refractivity (Wildman–Crippen MR) is 92.3 cm³/mol. The van der Waals surface area contributed by atoms with E-state index in [4.69, 9.17) is 5.73 Å². The normalized spacial score (nSPS) is 35.9. The molecule has 0 spiro atoms. The van der Waals surface area contributed by atoms with Crippen LogP contribution in [0.2, 0.25) is 0 Å². The summed E-state index contributed by atoms with van der Waals surface area (Å²) in [5.41, 5.74) is 6.56. The van der Waals surface area contributed by atoms with E-state index in [1.807, 2.05) is 0 Å². The lowest BCUT2D eigenvalue weighted by Crippen LogP contribution is -2.48. The van der Waals surface area contributed by atoms with Crippen LogP contribution in [-0.2, 0) is 0 Å². The van der Waals surface area contributed by atoms with Gasteiger partial charge in [0.2, 0.25) is 0 Å². The van der Waals surface area contributed by atoms with E-state index < -0.39 is 0 Å². The van der Waals surface area contributed by atoms with Crippen molar-refractivity contribution in [3.05, 3.63) is 0 Å². The Balaban J connectivity index is 1.80. The van der Waals surface area contributed by atoms with Crippen LogP contribution in [0, 0.1) is 23.2 Å². The van der Waals surface area contributed by atoms with Crippen LogP contribution in [0.5, 0.6) is 0 Å². The Bertz CT molecular complexity index is 299. The maximum absolute atomic E-state index is 6.05. The number of nitrogens with zero attached hydrogens (tertiary/aromatic N) is 1. The summed E-state index contributed by atoms with van der Waals surface area (Å²) in [5.74, 6) is 2.78. The molecule has 1 aliphatic heterocycles. The lowest BCUT2D eigenvalue weighted by Gasteiger charge is -2.43. The fourth-order valence-electron chi connectivity index (χ4n) is 4.58. The Labute approximate surface area is 132 Å². The molecule has 0 aromatic carbocycles. The summed E-state index contributed by atoms with van der Waals surface area (Å²) in [7, 11) is 0. The molecule has 2 aliphatic rings. The minimum Gasteiger partial charge on any atom is -0.329 e. The third-order valence-corrected chi connectivity index (χ3v) is 6.36. The fraction of sp³-hybridized carbons (Fsp3) is 1.00. The zero-order valence-electron chi connectivity index (χ0n) is 14.9. The number of hydrogen-bond acceptors (Lipinski definition) is 2. The van der Waals surface area contributed by atoms with Crippen LogP contribution in [0.15, 0.2) is 0 Å². The molecule has 0 radical (unpaired) electrons. The van der Waals surface area contributed by atoms with Crippen molar-refractivity contribution >= 4 is 0 Å². The van der Waals surface area contributed by atoms with Gasteiger partial charge in [-0.25, -0.2) is 0 Å². The second-order valence-corrected chi connectivity index (χ2v) is 8.77. The number of hydrogen-bond donors (Lipinski definition) is 1. The molecule has 0 aromatic rings. The molecule has 2 atom stereocenters. The van der Waals surface area contributed by atoms with Crippen LogP contribution in [0.3, 0.4) is 0 Å². The highest BCUT2D eigenvalue weighted by Crippen LogP contribution is 2.40. The van der Waals surface area contributed by atoms with Gasteiger partial charge in [-0.15, -0.1) is 0 Å². The molecule has 124 valence electrons. The molecule has 2 N–H and O–H groups in total. The van der Waals surface area contributed by atoms with Gasteiger partial charge in [0, 0.05) is 19.1 Å². The van der Waals surface area contributed by atoms with Gasteiger partial charge in [0.25, 0.3) is 0 Å². The lowest BCUT2D eigenvalue weighted by molar-refractivity contribution is 0.0715. The van der Waals surface area contributed by atoms with E-state index in [1.54, 1.807) is 0 Å². The van der Waals surface area contributed by atoms with E-state index in [0.717, 1.165) is 24.3 Å². The van der Waals surface area contributed by atoms with Gasteiger partial charge in [0.05, 0.1) is 0 Å². The Morgan fingerprint density at radius 3 is 2.19 bits per heavy atom. The molecule has 2 fully saturated rings.